The highest BCUT2D eigenvalue weighted by Crippen LogP contribution is 2.28. The lowest BCUT2D eigenvalue weighted by Gasteiger charge is -2.28. The van der Waals surface area contributed by atoms with Crippen LogP contribution in [-0.2, 0) is 11.3 Å². The average Bonchev–Trinajstić information content (AvgIpc) is 2.46. The Hall–Kier alpha value is -1.26. The smallest absolute Gasteiger partial charge is 0.161 e. The molecular formula is C16H25NO3. The zero-order valence-electron chi connectivity index (χ0n) is 12.6. The molecule has 0 radical (unpaired) electrons. The van der Waals surface area contributed by atoms with Crippen LogP contribution in [0.2, 0.25) is 0 Å². The SMILES string of the molecule is CCOc1ccc(CN[C@@H]2CCO[C@H](C)C2)cc1OC. The van der Waals surface area contributed by atoms with Gasteiger partial charge in [-0.1, -0.05) is 6.07 Å². The molecule has 1 aromatic rings. The first-order chi connectivity index (χ1) is 9.72. The Morgan fingerprint density at radius 1 is 1.35 bits per heavy atom. The summed E-state index contributed by atoms with van der Waals surface area (Å²) in [5, 5.41) is 3.59. The predicted octanol–water partition coefficient (Wildman–Crippen LogP) is 2.75. The van der Waals surface area contributed by atoms with Crippen LogP contribution in [0.15, 0.2) is 18.2 Å². The molecule has 20 heavy (non-hydrogen) atoms. The minimum absolute atomic E-state index is 0.358. The molecule has 1 aromatic carbocycles. The molecule has 2 atom stereocenters. The van der Waals surface area contributed by atoms with Crippen LogP contribution >= 0.6 is 0 Å². The van der Waals surface area contributed by atoms with Gasteiger partial charge in [-0.3, -0.25) is 0 Å². The van der Waals surface area contributed by atoms with Crippen LogP contribution in [0.4, 0.5) is 0 Å². The van der Waals surface area contributed by atoms with Crippen molar-refractivity contribution < 1.29 is 14.2 Å². The molecule has 1 heterocycles. The highest BCUT2D eigenvalue weighted by molar-refractivity contribution is 5.42. The van der Waals surface area contributed by atoms with E-state index in [4.69, 9.17) is 14.2 Å². The number of rotatable bonds is 6. The van der Waals surface area contributed by atoms with Crippen molar-refractivity contribution in [3.8, 4) is 11.5 Å². The van der Waals surface area contributed by atoms with Gasteiger partial charge in [0, 0.05) is 19.2 Å². The molecule has 2 rings (SSSR count). The van der Waals surface area contributed by atoms with Gasteiger partial charge in [-0.05, 0) is 44.4 Å². The highest BCUT2D eigenvalue weighted by Gasteiger charge is 2.18. The molecule has 1 N–H and O–H groups in total. The molecule has 0 unspecified atom stereocenters. The normalized spacial score (nSPS) is 22.6. The van der Waals surface area contributed by atoms with Gasteiger partial charge in [0.2, 0.25) is 0 Å². The minimum atomic E-state index is 0.358. The van der Waals surface area contributed by atoms with Crippen molar-refractivity contribution in [2.24, 2.45) is 0 Å². The summed E-state index contributed by atoms with van der Waals surface area (Å²) in [6.07, 6.45) is 2.52. The molecule has 0 amide bonds. The Morgan fingerprint density at radius 2 is 2.20 bits per heavy atom. The fraction of sp³-hybridized carbons (Fsp3) is 0.625. The van der Waals surface area contributed by atoms with Gasteiger partial charge >= 0.3 is 0 Å². The molecule has 4 heteroatoms. The van der Waals surface area contributed by atoms with Crippen molar-refractivity contribution >= 4 is 0 Å². The van der Waals surface area contributed by atoms with E-state index in [1.54, 1.807) is 7.11 Å². The Kier molecular flexibility index (Phi) is 5.68. The van der Waals surface area contributed by atoms with Gasteiger partial charge in [0.1, 0.15) is 0 Å². The maximum absolute atomic E-state index is 5.56. The zero-order valence-corrected chi connectivity index (χ0v) is 12.6. The predicted molar refractivity (Wildman–Crippen MR) is 79.4 cm³/mol. The van der Waals surface area contributed by atoms with E-state index in [1.807, 2.05) is 19.1 Å². The van der Waals surface area contributed by atoms with Crippen LogP contribution in [0.3, 0.4) is 0 Å². The van der Waals surface area contributed by atoms with Crippen LogP contribution in [0.5, 0.6) is 11.5 Å². The van der Waals surface area contributed by atoms with Crippen LogP contribution in [0.1, 0.15) is 32.3 Å². The number of ether oxygens (including phenoxy) is 3. The first kappa shape index (κ1) is 15.1. The third kappa shape index (κ3) is 4.12. The lowest BCUT2D eigenvalue weighted by Crippen LogP contribution is -2.37. The molecule has 0 saturated carbocycles. The molecule has 4 nitrogen and oxygen atoms in total. The second-order valence-corrected chi connectivity index (χ2v) is 5.20. The first-order valence-corrected chi connectivity index (χ1v) is 7.37. The summed E-state index contributed by atoms with van der Waals surface area (Å²) in [6, 6.07) is 6.65. The Labute approximate surface area is 121 Å². The lowest BCUT2D eigenvalue weighted by atomic mass is 10.0. The fourth-order valence-corrected chi connectivity index (χ4v) is 2.54. The Bertz CT molecular complexity index is 422. The van der Waals surface area contributed by atoms with Crippen molar-refractivity contribution in [2.75, 3.05) is 20.3 Å². The van der Waals surface area contributed by atoms with Gasteiger partial charge in [0.15, 0.2) is 11.5 Å². The first-order valence-electron chi connectivity index (χ1n) is 7.37. The summed E-state index contributed by atoms with van der Waals surface area (Å²) in [4.78, 5) is 0. The number of hydrogen-bond acceptors (Lipinski definition) is 4. The lowest BCUT2D eigenvalue weighted by molar-refractivity contribution is 0.0130. The van der Waals surface area contributed by atoms with Crippen LogP contribution in [0.25, 0.3) is 0 Å². The van der Waals surface area contributed by atoms with Crippen molar-refractivity contribution in [1.82, 2.24) is 5.32 Å². The number of hydrogen-bond donors (Lipinski definition) is 1. The standard InChI is InChI=1S/C16H25NO3/c1-4-19-15-6-5-13(10-16(15)18-3)11-17-14-7-8-20-12(2)9-14/h5-6,10,12,14,17H,4,7-9,11H2,1-3H3/t12-,14-/m1/s1. The van der Waals surface area contributed by atoms with E-state index in [0.29, 0.717) is 18.8 Å². The molecule has 1 aliphatic heterocycles. The molecular weight excluding hydrogens is 254 g/mol. The number of methoxy groups -OCH3 is 1. The second-order valence-electron chi connectivity index (χ2n) is 5.20. The second kappa shape index (κ2) is 7.50. The zero-order chi connectivity index (χ0) is 14.4. The molecule has 1 fully saturated rings. The number of nitrogens with one attached hydrogen (secondary N) is 1. The van der Waals surface area contributed by atoms with Gasteiger partial charge in [-0.25, -0.2) is 0 Å². The summed E-state index contributed by atoms with van der Waals surface area (Å²) in [6.45, 7) is 6.45. The fourth-order valence-electron chi connectivity index (χ4n) is 2.54. The summed E-state index contributed by atoms with van der Waals surface area (Å²) in [5.74, 6) is 1.60. The quantitative estimate of drug-likeness (QED) is 0.869. The Balaban J connectivity index is 1.92. The summed E-state index contributed by atoms with van der Waals surface area (Å²) < 4.78 is 16.5. The van der Waals surface area contributed by atoms with E-state index in [0.717, 1.165) is 37.5 Å². The van der Waals surface area contributed by atoms with E-state index in [-0.39, 0.29) is 0 Å². The summed E-state index contributed by atoms with van der Waals surface area (Å²) in [7, 11) is 1.68. The van der Waals surface area contributed by atoms with Crippen LogP contribution in [-0.4, -0.2) is 32.5 Å². The molecule has 112 valence electrons. The van der Waals surface area contributed by atoms with Crippen molar-refractivity contribution in [1.29, 1.82) is 0 Å². The van der Waals surface area contributed by atoms with E-state index >= 15 is 0 Å². The van der Waals surface area contributed by atoms with Gasteiger partial charge in [0.25, 0.3) is 0 Å². The molecule has 1 saturated heterocycles. The third-order valence-electron chi connectivity index (χ3n) is 3.61. The Morgan fingerprint density at radius 3 is 2.90 bits per heavy atom. The van der Waals surface area contributed by atoms with Gasteiger partial charge < -0.3 is 19.5 Å². The molecule has 0 aromatic heterocycles. The summed E-state index contributed by atoms with van der Waals surface area (Å²) >= 11 is 0. The van der Waals surface area contributed by atoms with E-state index in [1.165, 1.54) is 5.56 Å². The molecule has 1 aliphatic rings. The van der Waals surface area contributed by atoms with Gasteiger partial charge in [0.05, 0.1) is 19.8 Å². The monoisotopic (exact) mass is 279 g/mol. The summed E-state index contributed by atoms with van der Waals surface area (Å²) in [5.41, 5.74) is 1.21. The molecule has 0 bridgehead atoms. The molecule has 0 spiro atoms. The van der Waals surface area contributed by atoms with Crippen LogP contribution < -0.4 is 14.8 Å². The molecule has 0 aliphatic carbocycles. The highest BCUT2D eigenvalue weighted by atomic mass is 16.5. The number of benzene rings is 1. The van der Waals surface area contributed by atoms with Gasteiger partial charge in [-0.15, -0.1) is 0 Å². The maximum Gasteiger partial charge on any atom is 0.161 e. The topological polar surface area (TPSA) is 39.7 Å². The maximum atomic E-state index is 5.56. The average molecular weight is 279 g/mol. The van der Waals surface area contributed by atoms with E-state index in [9.17, 15) is 0 Å². The van der Waals surface area contributed by atoms with Crippen molar-refractivity contribution in [3.05, 3.63) is 23.8 Å². The van der Waals surface area contributed by atoms with Crippen molar-refractivity contribution in [3.63, 3.8) is 0 Å². The van der Waals surface area contributed by atoms with E-state index in [2.05, 4.69) is 18.3 Å². The van der Waals surface area contributed by atoms with Gasteiger partial charge in [-0.2, -0.15) is 0 Å². The van der Waals surface area contributed by atoms with Crippen LogP contribution in [0, 0.1) is 0 Å². The largest absolute Gasteiger partial charge is 0.493 e. The third-order valence-corrected chi connectivity index (χ3v) is 3.61. The van der Waals surface area contributed by atoms with E-state index < -0.39 is 0 Å². The minimum Gasteiger partial charge on any atom is -0.493 e. The van der Waals surface area contributed by atoms with Crippen molar-refractivity contribution in [2.45, 2.75) is 45.4 Å².